The molecule has 82 valence electrons. The molecule has 0 unspecified atom stereocenters. The standard InChI is InChI=1S/C6H14N2.NO3.Pt/c7-5-3-1-2-4-6(5)8;2-1(3)4;/h5-6H,1-4,7-8H2;;/q;-1;/t5-,6-;;/m0../s1. The van der Waals surface area contributed by atoms with Gasteiger partial charge in [-0.3, -0.25) is 0 Å². The van der Waals surface area contributed by atoms with E-state index >= 15 is 0 Å². The second kappa shape index (κ2) is 8.41. The van der Waals surface area contributed by atoms with Crippen molar-refractivity contribution in [3.8, 4) is 0 Å². The Morgan fingerprint density at radius 1 is 1.08 bits per heavy atom. The van der Waals surface area contributed by atoms with E-state index in [0.29, 0.717) is 0 Å². The van der Waals surface area contributed by atoms with E-state index in [-0.39, 0.29) is 33.1 Å². The first-order valence-corrected chi connectivity index (χ1v) is 3.86. The normalized spacial score (nSPS) is 26.3. The number of nitrogens with two attached hydrogens (primary N) is 2. The van der Waals surface area contributed by atoms with E-state index < -0.39 is 5.09 Å². The summed E-state index contributed by atoms with van der Waals surface area (Å²) in [7, 11) is 0. The molecule has 0 aromatic heterocycles. The van der Waals surface area contributed by atoms with Crippen LogP contribution in [-0.4, -0.2) is 17.2 Å². The van der Waals surface area contributed by atoms with Crippen molar-refractivity contribution in [2.75, 3.05) is 0 Å². The van der Waals surface area contributed by atoms with E-state index in [1.807, 2.05) is 0 Å². The molecule has 4 N–H and O–H groups in total. The first-order valence-electron chi connectivity index (χ1n) is 3.86. The summed E-state index contributed by atoms with van der Waals surface area (Å²) in [6.45, 7) is 0. The van der Waals surface area contributed by atoms with Crippen molar-refractivity contribution in [3.63, 3.8) is 0 Å². The van der Waals surface area contributed by atoms with Crippen LogP contribution in [0.15, 0.2) is 0 Å². The summed E-state index contributed by atoms with van der Waals surface area (Å²) in [4.78, 5) is 8.25. The van der Waals surface area contributed by atoms with E-state index in [4.69, 9.17) is 26.8 Å². The molecule has 1 saturated carbocycles. The van der Waals surface area contributed by atoms with Crippen LogP contribution in [0, 0.1) is 15.3 Å². The van der Waals surface area contributed by atoms with Crippen molar-refractivity contribution in [1.29, 1.82) is 0 Å². The van der Waals surface area contributed by atoms with Gasteiger partial charge in [0.15, 0.2) is 0 Å². The Hall–Kier alpha value is -0.192. The molecule has 0 bridgehead atoms. The summed E-state index contributed by atoms with van der Waals surface area (Å²) in [5, 5.41) is 14.8. The van der Waals surface area contributed by atoms with Gasteiger partial charge in [0.1, 0.15) is 0 Å². The molecule has 0 radical (unpaired) electrons. The second-order valence-electron chi connectivity index (χ2n) is 2.84. The SMILES string of the molecule is N[C@H]1CCCC[C@@H]1N.O=[N+]([O-])[O-].[Pt]. The predicted octanol–water partition coefficient (Wildman–Crippen LogP) is -0.0266. The van der Waals surface area contributed by atoms with Gasteiger partial charge in [0.05, 0.1) is 5.09 Å². The average Bonchev–Trinajstić information content (AvgIpc) is 1.94. The summed E-state index contributed by atoms with van der Waals surface area (Å²) in [6.07, 6.45) is 4.80. The van der Waals surface area contributed by atoms with Crippen molar-refractivity contribution < 1.29 is 26.2 Å². The Morgan fingerprint density at radius 3 is 1.46 bits per heavy atom. The minimum Gasteiger partial charge on any atom is -0.356 e. The molecule has 1 rings (SSSR count). The number of hydrogen-bond donors (Lipinski definition) is 2. The summed E-state index contributed by atoms with van der Waals surface area (Å²) >= 11 is 0. The van der Waals surface area contributed by atoms with Gasteiger partial charge < -0.3 is 26.8 Å². The van der Waals surface area contributed by atoms with Crippen LogP contribution in [0.25, 0.3) is 0 Å². The fourth-order valence-electron chi connectivity index (χ4n) is 1.19. The summed E-state index contributed by atoms with van der Waals surface area (Å²) < 4.78 is 0. The van der Waals surface area contributed by atoms with Crippen molar-refractivity contribution in [2.24, 2.45) is 11.5 Å². The van der Waals surface area contributed by atoms with Gasteiger partial charge in [0.25, 0.3) is 0 Å². The van der Waals surface area contributed by atoms with Crippen LogP contribution >= 0.6 is 0 Å². The largest absolute Gasteiger partial charge is 0.356 e. The van der Waals surface area contributed by atoms with E-state index in [9.17, 15) is 0 Å². The molecule has 13 heavy (non-hydrogen) atoms. The van der Waals surface area contributed by atoms with Crippen LogP contribution in [0.5, 0.6) is 0 Å². The van der Waals surface area contributed by atoms with Gasteiger partial charge in [-0.2, -0.15) is 0 Å². The van der Waals surface area contributed by atoms with Gasteiger partial charge >= 0.3 is 0 Å². The quantitative estimate of drug-likeness (QED) is 0.458. The van der Waals surface area contributed by atoms with E-state index in [1.165, 1.54) is 12.8 Å². The van der Waals surface area contributed by atoms with E-state index in [0.717, 1.165) is 12.8 Å². The Bertz CT molecular complexity index is 133. The Balaban J connectivity index is 0. The van der Waals surface area contributed by atoms with E-state index in [1.54, 1.807) is 0 Å². The minimum atomic E-state index is -1.75. The van der Waals surface area contributed by atoms with Gasteiger partial charge in [-0.25, -0.2) is 0 Å². The third kappa shape index (κ3) is 9.72. The third-order valence-electron chi connectivity index (χ3n) is 1.87. The second-order valence-corrected chi connectivity index (χ2v) is 2.84. The number of rotatable bonds is 0. The molecule has 0 aromatic rings. The van der Waals surface area contributed by atoms with Gasteiger partial charge in [0, 0.05) is 33.1 Å². The fourth-order valence-corrected chi connectivity index (χ4v) is 1.19. The minimum absolute atomic E-state index is 0. The first kappa shape index (κ1) is 15.3. The topological polar surface area (TPSA) is 118 Å². The predicted molar refractivity (Wildman–Crippen MR) is 44.8 cm³/mol. The number of hydrogen-bond acceptors (Lipinski definition) is 5. The van der Waals surface area contributed by atoms with Crippen LogP contribution in [0.2, 0.25) is 0 Å². The van der Waals surface area contributed by atoms with Crippen LogP contribution in [0.3, 0.4) is 0 Å². The van der Waals surface area contributed by atoms with Gasteiger partial charge in [-0.1, -0.05) is 12.8 Å². The number of nitrogens with zero attached hydrogens (tertiary/aromatic N) is 1. The monoisotopic (exact) mass is 371 g/mol. The van der Waals surface area contributed by atoms with Gasteiger partial charge in [-0.15, -0.1) is 0 Å². The molecule has 0 saturated heterocycles. The molecule has 1 aliphatic rings. The third-order valence-corrected chi connectivity index (χ3v) is 1.87. The van der Waals surface area contributed by atoms with Crippen molar-refractivity contribution in [3.05, 3.63) is 15.3 Å². The van der Waals surface area contributed by atoms with Crippen LogP contribution in [-0.2, 0) is 21.1 Å². The molecule has 2 atom stereocenters. The van der Waals surface area contributed by atoms with E-state index in [2.05, 4.69) is 0 Å². The molecular weight excluding hydrogens is 357 g/mol. The molecule has 0 spiro atoms. The Kier molecular flexibility index (Phi) is 9.89. The molecule has 6 nitrogen and oxygen atoms in total. The van der Waals surface area contributed by atoms with Crippen molar-refractivity contribution in [2.45, 2.75) is 37.8 Å². The zero-order valence-corrected chi connectivity index (χ0v) is 9.40. The average molecular weight is 371 g/mol. The first-order chi connectivity index (χ1) is 5.54. The Morgan fingerprint density at radius 2 is 1.31 bits per heavy atom. The summed E-state index contributed by atoms with van der Waals surface area (Å²) in [5.74, 6) is 0. The van der Waals surface area contributed by atoms with Crippen molar-refractivity contribution >= 4 is 0 Å². The van der Waals surface area contributed by atoms with Crippen LogP contribution < -0.4 is 11.5 Å². The molecule has 7 heteroatoms. The van der Waals surface area contributed by atoms with Crippen LogP contribution in [0.4, 0.5) is 0 Å². The molecule has 0 aromatic carbocycles. The fraction of sp³-hybridized carbons (Fsp3) is 1.00. The maximum absolute atomic E-state index is 8.25. The Labute approximate surface area is 91.0 Å². The molecule has 1 fully saturated rings. The van der Waals surface area contributed by atoms with Crippen molar-refractivity contribution in [1.82, 2.24) is 0 Å². The zero-order chi connectivity index (χ0) is 9.56. The maximum Gasteiger partial charge on any atom is 0.0689 e. The van der Waals surface area contributed by atoms with Gasteiger partial charge in [0.2, 0.25) is 0 Å². The maximum atomic E-state index is 8.25. The molecule has 0 aliphatic heterocycles. The molecule has 1 aliphatic carbocycles. The molecule has 0 amide bonds. The summed E-state index contributed by atoms with van der Waals surface area (Å²) in [6, 6.07) is 0.562. The molecule has 0 heterocycles. The molecular formula is C6H14N3O3Pt-. The smallest absolute Gasteiger partial charge is 0.0689 e. The van der Waals surface area contributed by atoms with Gasteiger partial charge in [-0.05, 0) is 12.8 Å². The van der Waals surface area contributed by atoms with Crippen LogP contribution in [0.1, 0.15) is 25.7 Å². The zero-order valence-electron chi connectivity index (χ0n) is 7.13. The summed E-state index contributed by atoms with van der Waals surface area (Å²) in [5.41, 5.74) is 11.3.